The quantitative estimate of drug-likeness (QED) is 0.672. The van der Waals surface area contributed by atoms with E-state index in [4.69, 9.17) is 4.74 Å². The Labute approximate surface area is 81.1 Å². The van der Waals surface area contributed by atoms with Crippen LogP contribution in [0.25, 0.3) is 0 Å². The molecule has 5 heteroatoms. The standard InChI is InChI=1S/C9H12N2O3/c1-9(2,3)14-8(13)7-4-6(12)5-10-11-7/h4-5H,1-3H3,(H,11,12). The molecule has 0 radical (unpaired) electrons. The van der Waals surface area contributed by atoms with Crippen molar-refractivity contribution in [3.63, 3.8) is 0 Å². The monoisotopic (exact) mass is 196 g/mol. The van der Waals surface area contributed by atoms with Gasteiger partial charge in [-0.25, -0.2) is 4.79 Å². The first-order valence-electron chi connectivity index (χ1n) is 4.16. The largest absolute Gasteiger partial charge is 0.455 e. The highest BCUT2D eigenvalue weighted by Gasteiger charge is 2.18. The van der Waals surface area contributed by atoms with E-state index in [1.54, 1.807) is 20.8 Å². The minimum Gasteiger partial charge on any atom is -0.455 e. The van der Waals surface area contributed by atoms with E-state index < -0.39 is 11.6 Å². The zero-order valence-electron chi connectivity index (χ0n) is 8.33. The number of carbonyl (C=O) groups is 1. The van der Waals surface area contributed by atoms with Gasteiger partial charge in [0.1, 0.15) is 11.3 Å². The Morgan fingerprint density at radius 1 is 1.50 bits per heavy atom. The molecule has 1 N–H and O–H groups in total. The molecular formula is C9H12N2O3. The molecule has 1 aromatic rings. The molecule has 76 valence electrons. The first-order valence-corrected chi connectivity index (χ1v) is 4.16. The fourth-order valence-electron chi connectivity index (χ4n) is 0.815. The minimum atomic E-state index is -0.581. The van der Waals surface area contributed by atoms with Gasteiger partial charge in [-0.1, -0.05) is 0 Å². The molecule has 0 aliphatic rings. The van der Waals surface area contributed by atoms with Crippen LogP contribution in [0.15, 0.2) is 17.1 Å². The summed E-state index contributed by atoms with van der Waals surface area (Å²) in [5, 5.41) is 5.90. The maximum absolute atomic E-state index is 11.4. The number of ether oxygens (including phenoxy) is 1. The third-order valence-corrected chi connectivity index (χ3v) is 1.28. The number of hydrogen-bond acceptors (Lipinski definition) is 4. The lowest BCUT2D eigenvalue weighted by Crippen LogP contribution is -2.25. The van der Waals surface area contributed by atoms with Gasteiger partial charge in [0.25, 0.3) is 0 Å². The molecule has 0 bridgehead atoms. The van der Waals surface area contributed by atoms with Crippen LogP contribution in [0, 0.1) is 0 Å². The fraction of sp³-hybridized carbons (Fsp3) is 0.444. The summed E-state index contributed by atoms with van der Waals surface area (Å²) < 4.78 is 5.03. The Balaban J connectivity index is 2.86. The maximum atomic E-state index is 11.4. The molecular weight excluding hydrogens is 184 g/mol. The van der Waals surface area contributed by atoms with Gasteiger partial charge in [0, 0.05) is 6.07 Å². The summed E-state index contributed by atoms with van der Waals surface area (Å²) >= 11 is 0. The predicted molar refractivity (Wildman–Crippen MR) is 50.0 cm³/mol. The van der Waals surface area contributed by atoms with Gasteiger partial charge in [-0.2, -0.15) is 5.10 Å². The number of esters is 1. The molecule has 0 aromatic carbocycles. The Morgan fingerprint density at radius 2 is 2.14 bits per heavy atom. The van der Waals surface area contributed by atoms with E-state index in [1.165, 1.54) is 0 Å². The van der Waals surface area contributed by atoms with Crippen LogP contribution in [0.4, 0.5) is 0 Å². The highest BCUT2D eigenvalue weighted by Crippen LogP contribution is 2.09. The number of aromatic nitrogens is 2. The van der Waals surface area contributed by atoms with Gasteiger partial charge >= 0.3 is 5.97 Å². The van der Waals surface area contributed by atoms with Crippen molar-refractivity contribution in [2.24, 2.45) is 0 Å². The third kappa shape index (κ3) is 3.01. The average molecular weight is 196 g/mol. The zero-order valence-corrected chi connectivity index (χ0v) is 8.33. The van der Waals surface area contributed by atoms with Gasteiger partial charge in [0.2, 0.25) is 5.43 Å². The van der Waals surface area contributed by atoms with Gasteiger partial charge in [0.15, 0.2) is 0 Å². The molecule has 1 aromatic heterocycles. The number of H-pyrrole nitrogens is 1. The van der Waals surface area contributed by atoms with Crippen molar-refractivity contribution in [3.05, 3.63) is 28.2 Å². The topological polar surface area (TPSA) is 72.1 Å². The van der Waals surface area contributed by atoms with E-state index in [-0.39, 0.29) is 11.1 Å². The Hall–Kier alpha value is -1.65. The SMILES string of the molecule is CC(C)(C)OC(=O)c1cc(=O)cn[nH]1. The average Bonchev–Trinajstić information content (AvgIpc) is 2.01. The smallest absolute Gasteiger partial charge is 0.356 e. The van der Waals surface area contributed by atoms with E-state index >= 15 is 0 Å². The molecule has 0 atom stereocenters. The number of hydrogen-bond donors (Lipinski definition) is 1. The first-order chi connectivity index (χ1) is 6.38. The van der Waals surface area contributed by atoms with Crippen LogP contribution in [-0.4, -0.2) is 21.8 Å². The summed E-state index contributed by atoms with van der Waals surface area (Å²) in [4.78, 5) is 22.3. The van der Waals surface area contributed by atoms with Crippen LogP contribution in [0.5, 0.6) is 0 Å². The third-order valence-electron chi connectivity index (χ3n) is 1.28. The molecule has 0 saturated heterocycles. The summed E-state index contributed by atoms with van der Waals surface area (Å²) in [7, 11) is 0. The van der Waals surface area contributed by atoms with Crippen LogP contribution in [0.3, 0.4) is 0 Å². The summed E-state index contributed by atoms with van der Waals surface area (Å²) in [6.07, 6.45) is 1.09. The minimum absolute atomic E-state index is 0.0624. The Kier molecular flexibility index (Phi) is 2.69. The summed E-state index contributed by atoms with van der Waals surface area (Å²) in [5.74, 6) is -0.581. The van der Waals surface area contributed by atoms with Crippen LogP contribution < -0.4 is 5.43 Å². The molecule has 1 heterocycles. The van der Waals surface area contributed by atoms with Crippen molar-refractivity contribution >= 4 is 5.97 Å². The normalized spacial score (nSPS) is 11.1. The zero-order chi connectivity index (χ0) is 10.8. The second kappa shape index (κ2) is 3.61. The molecule has 0 unspecified atom stereocenters. The molecule has 5 nitrogen and oxygen atoms in total. The van der Waals surface area contributed by atoms with E-state index in [9.17, 15) is 9.59 Å². The maximum Gasteiger partial charge on any atom is 0.356 e. The summed E-state index contributed by atoms with van der Waals surface area (Å²) in [6.45, 7) is 5.25. The lowest BCUT2D eigenvalue weighted by molar-refractivity contribution is 0.00614. The highest BCUT2D eigenvalue weighted by molar-refractivity contribution is 5.87. The fourth-order valence-corrected chi connectivity index (χ4v) is 0.815. The van der Waals surface area contributed by atoms with Gasteiger partial charge < -0.3 is 4.74 Å². The number of nitrogens with one attached hydrogen (secondary N) is 1. The van der Waals surface area contributed by atoms with E-state index in [0.29, 0.717) is 0 Å². The van der Waals surface area contributed by atoms with Crippen molar-refractivity contribution in [2.75, 3.05) is 0 Å². The molecule has 1 rings (SSSR count). The highest BCUT2D eigenvalue weighted by atomic mass is 16.6. The van der Waals surface area contributed by atoms with Gasteiger partial charge in [0.05, 0.1) is 6.20 Å². The van der Waals surface area contributed by atoms with Crippen LogP contribution >= 0.6 is 0 Å². The van der Waals surface area contributed by atoms with Crippen molar-refractivity contribution in [1.82, 2.24) is 10.2 Å². The van der Waals surface area contributed by atoms with Gasteiger partial charge in [-0.15, -0.1) is 0 Å². The molecule has 0 aliphatic heterocycles. The Morgan fingerprint density at radius 3 is 2.64 bits per heavy atom. The van der Waals surface area contributed by atoms with Gasteiger partial charge in [-0.3, -0.25) is 9.89 Å². The first kappa shape index (κ1) is 10.4. The molecule has 0 amide bonds. The van der Waals surface area contributed by atoms with Crippen molar-refractivity contribution in [2.45, 2.75) is 26.4 Å². The summed E-state index contributed by atoms with van der Waals surface area (Å²) in [6, 6.07) is 1.15. The summed E-state index contributed by atoms with van der Waals surface area (Å²) in [5.41, 5.74) is -0.846. The number of aromatic amines is 1. The Bertz CT molecular complexity index is 390. The molecule has 14 heavy (non-hydrogen) atoms. The van der Waals surface area contributed by atoms with Crippen LogP contribution in [-0.2, 0) is 4.74 Å². The lowest BCUT2D eigenvalue weighted by Gasteiger charge is -2.18. The van der Waals surface area contributed by atoms with E-state index in [2.05, 4.69) is 10.2 Å². The molecule has 0 aliphatic carbocycles. The van der Waals surface area contributed by atoms with E-state index in [1.807, 2.05) is 0 Å². The number of nitrogens with zero attached hydrogens (tertiary/aromatic N) is 1. The molecule has 0 saturated carbocycles. The van der Waals surface area contributed by atoms with Crippen molar-refractivity contribution in [1.29, 1.82) is 0 Å². The second-order valence-corrected chi connectivity index (χ2v) is 3.83. The lowest BCUT2D eigenvalue weighted by atomic mass is 10.2. The van der Waals surface area contributed by atoms with Crippen molar-refractivity contribution in [3.8, 4) is 0 Å². The predicted octanol–water partition coefficient (Wildman–Crippen LogP) is 0.725. The van der Waals surface area contributed by atoms with E-state index in [0.717, 1.165) is 12.3 Å². The van der Waals surface area contributed by atoms with Crippen LogP contribution in [0.2, 0.25) is 0 Å². The van der Waals surface area contributed by atoms with Crippen molar-refractivity contribution < 1.29 is 9.53 Å². The van der Waals surface area contributed by atoms with Crippen LogP contribution in [0.1, 0.15) is 31.3 Å². The molecule has 0 spiro atoms. The molecule has 0 fully saturated rings. The second-order valence-electron chi connectivity index (χ2n) is 3.83. The number of carbonyl (C=O) groups excluding carboxylic acids is 1. The number of rotatable bonds is 1. The van der Waals surface area contributed by atoms with Gasteiger partial charge in [-0.05, 0) is 20.8 Å².